The van der Waals surface area contributed by atoms with E-state index in [2.05, 4.69) is 5.32 Å². The Morgan fingerprint density at radius 1 is 1.25 bits per heavy atom. The van der Waals surface area contributed by atoms with Gasteiger partial charge in [0.15, 0.2) is 0 Å². The first-order valence-electron chi connectivity index (χ1n) is 8.52. The van der Waals surface area contributed by atoms with Gasteiger partial charge >= 0.3 is 0 Å². The zero-order valence-electron chi connectivity index (χ0n) is 14.2. The second-order valence-electron chi connectivity index (χ2n) is 7.08. The first kappa shape index (κ1) is 16.7. The summed E-state index contributed by atoms with van der Waals surface area (Å²) in [7, 11) is 0. The van der Waals surface area contributed by atoms with Crippen molar-refractivity contribution in [3.05, 3.63) is 30.1 Å². The number of halogens is 1. The van der Waals surface area contributed by atoms with Crippen LogP contribution in [0, 0.1) is 11.7 Å². The molecule has 0 radical (unpaired) electrons. The average molecular weight is 333 g/mol. The zero-order valence-corrected chi connectivity index (χ0v) is 14.2. The van der Waals surface area contributed by atoms with Gasteiger partial charge in [0.25, 0.3) is 0 Å². The molecule has 1 aromatic rings. The number of rotatable bonds is 3. The van der Waals surface area contributed by atoms with Crippen LogP contribution in [0.5, 0.6) is 0 Å². The van der Waals surface area contributed by atoms with Crippen LogP contribution in [0.4, 0.5) is 10.1 Å². The van der Waals surface area contributed by atoms with E-state index >= 15 is 0 Å². The number of hydrogen-bond donors (Lipinski definition) is 1. The molecule has 1 spiro atoms. The summed E-state index contributed by atoms with van der Waals surface area (Å²) in [6.07, 6.45) is 1.74. The van der Waals surface area contributed by atoms with E-state index in [1.54, 1.807) is 12.1 Å². The maximum atomic E-state index is 13.2. The van der Waals surface area contributed by atoms with E-state index in [1.165, 1.54) is 12.1 Å². The maximum absolute atomic E-state index is 13.2. The number of carbonyl (C=O) groups excluding carboxylic acids is 2. The summed E-state index contributed by atoms with van der Waals surface area (Å²) in [5, 5.41) is 2.91. The number of nitrogens with one attached hydrogen (secondary N) is 1. The van der Waals surface area contributed by atoms with Gasteiger partial charge in [-0.2, -0.15) is 0 Å². The number of benzene rings is 1. The normalized spacial score (nSPS) is 19.9. The van der Waals surface area contributed by atoms with Crippen LogP contribution in [-0.2, 0) is 9.59 Å². The standard InChI is InChI=1S/C18H24FN3O2/c1-13(2)11-16(23)21-9-7-18(8-10-21)17(24)20-12-22(18)15-5-3-14(19)4-6-15/h3-6,13H,7-12H2,1-2H3,(H,20,24). The highest BCUT2D eigenvalue weighted by molar-refractivity contribution is 5.93. The molecule has 2 heterocycles. The van der Waals surface area contributed by atoms with Gasteiger partial charge in [0.2, 0.25) is 11.8 Å². The van der Waals surface area contributed by atoms with Crippen molar-refractivity contribution in [1.82, 2.24) is 10.2 Å². The minimum Gasteiger partial charge on any atom is -0.342 e. The number of nitrogens with zero attached hydrogens (tertiary/aromatic N) is 2. The largest absolute Gasteiger partial charge is 0.342 e. The van der Waals surface area contributed by atoms with Crippen molar-refractivity contribution in [1.29, 1.82) is 0 Å². The number of piperidine rings is 1. The molecule has 3 rings (SSSR count). The fourth-order valence-corrected chi connectivity index (χ4v) is 3.65. The minimum atomic E-state index is -0.632. The number of hydrogen-bond acceptors (Lipinski definition) is 3. The molecule has 0 bridgehead atoms. The molecule has 0 aromatic heterocycles. The van der Waals surface area contributed by atoms with E-state index in [4.69, 9.17) is 0 Å². The molecule has 130 valence electrons. The molecule has 2 aliphatic heterocycles. The molecule has 1 aromatic carbocycles. The fourth-order valence-electron chi connectivity index (χ4n) is 3.65. The number of anilines is 1. The van der Waals surface area contributed by atoms with Crippen molar-refractivity contribution in [2.24, 2.45) is 5.92 Å². The molecular formula is C18H24FN3O2. The Kier molecular flexibility index (Phi) is 4.47. The second kappa shape index (κ2) is 6.42. The fraction of sp³-hybridized carbons (Fsp3) is 0.556. The van der Waals surface area contributed by atoms with Crippen molar-refractivity contribution < 1.29 is 14.0 Å². The van der Waals surface area contributed by atoms with Gasteiger partial charge in [0.05, 0.1) is 6.67 Å². The smallest absolute Gasteiger partial charge is 0.247 e. The van der Waals surface area contributed by atoms with Gasteiger partial charge < -0.3 is 15.1 Å². The first-order valence-corrected chi connectivity index (χ1v) is 8.52. The maximum Gasteiger partial charge on any atom is 0.247 e. The van der Waals surface area contributed by atoms with E-state index in [9.17, 15) is 14.0 Å². The van der Waals surface area contributed by atoms with Crippen molar-refractivity contribution in [3.63, 3.8) is 0 Å². The molecule has 2 amide bonds. The highest BCUT2D eigenvalue weighted by atomic mass is 19.1. The van der Waals surface area contributed by atoms with Gasteiger partial charge in [-0.15, -0.1) is 0 Å². The average Bonchev–Trinajstić information content (AvgIpc) is 2.85. The second-order valence-corrected chi connectivity index (χ2v) is 7.08. The molecule has 0 atom stereocenters. The summed E-state index contributed by atoms with van der Waals surface area (Å²) in [5.41, 5.74) is 0.198. The molecular weight excluding hydrogens is 309 g/mol. The summed E-state index contributed by atoms with van der Waals surface area (Å²) in [4.78, 5) is 28.7. The lowest BCUT2D eigenvalue weighted by molar-refractivity contribution is -0.136. The van der Waals surface area contributed by atoms with Crippen molar-refractivity contribution in [3.8, 4) is 0 Å². The Labute approximate surface area is 141 Å². The topological polar surface area (TPSA) is 52.7 Å². The molecule has 2 fully saturated rings. The highest BCUT2D eigenvalue weighted by Gasteiger charge is 2.50. The van der Waals surface area contributed by atoms with E-state index in [0.717, 1.165) is 5.69 Å². The SMILES string of the molecule is CC(C)CC(=O)N1CCC2(CC1)C(=O)NCN2c1ccc(F)cc1. The predicted octanol–water partition coefficient (Wildman–Crippen LogP) is 2.13. The van der Waals surface area contributed by atoms with E-state index in [1.807, 2.05) is 23.6 Å². The summed E-state index contributed by atoms with van der Waals surface area (Å²) in [6, 6.07) is 6.22. The third-order valence-corrected chi connectivity index (χ3v) is 5.00. The van der Waals surface area contributed by atoms with Crippen LogP contribution in [0.2, 0.25) is 0 Å². The molecule has 1 N–H and O–H groups in total. The predicted molar refractivity (Wildman–Crippen MR) is 89.9 cm³/mol. The molecule has 2 aliphatic rings. The molecule has 24 heavy (non-hydrogen) atoms. The molecule has 5 nitrogen and oxygen atoms in total. The Bertz CT molecular complexity index is 622. The van der Waals surface area contributed by atoms with Gasteiger partial charge in [0, 0.05) is 25.2 Å². The van der Waals surface area contributed by atoms with E-state index in [0.29, 0.717) is 44.9 Å². The lowest BCUT2D eigenvalue weighted by atomic mass is 9.85. The van der Waals surface area contributed by atoms with Gasteiger partial charge in [0.1, 0.15) is 11.4 Å². The summed E-state index contributed by atoms with van der Waals surface area (Å²) in [6.45, 7) is 5.64. The lowest BCUT2D eigenvalue weighted by Crippen LogP contribution is -2.57. The van der Waals surface area contributed by atoms with E-state index in [-0.39, 0.29) is 17.6 Å². The molecule has 0 aliphatic carbocycles. The van der Waals surface area contributed by atoms with Crippen LogP contribution in [0.25, 0.3) is 0 Å². The lowest BCUT2D eigenvalue weighted by Gasteiger charge is -2.43. The minimum absolute atomic E-state index is 0.00258. The van der Waals surface area contributed by atoms with Crippen LogP contribution in [0.15, 0.2) is 24.3 Å². The van der Waals surface area contributed by atoms with Crippen LogP contribution >= 0.6 is 0 Å². The number of likely N-dealkylation sites (tertiary alicyclic amines) is 1. The van der Waals surface area contributed by atoms with Gasteiger partial charge in [-0.3, -0.25) is 9.59 Å². The summed E-state index contributed by atoms with van der Waals surface area (Å²) >= 11 is 0. The molecule has 2 saturated heterocycles. The quantitative estimate of drug-likeness (QED) is 0.922. The Balaban J connectivity index is 1.75. The zero-order chi connectivity index (χ0) is 17.3. The van der Waals surface area contributed by atoms with E-state index < -0.39 is 5.54 Å². The Morgan fingerprint density at radius 3 is 2.46 bits per heavy atom. The van der Waals surface area contributed by atoms with Crippen LogP contribution < -0.4 is 10.2 Å². The molecule has 0 saturated carbocycles. The van der Waals surface area contributed by atoms with Crippen LogP contribution in [-0.4, -0.2) is 42.0 Å². The summed E-state index contributed by atoms with van der Waals surface area (Å²) < 4.78 is 13.2. The third-order valence-electron chi connectivity index (χ3n) is 5.00. The summed E-state index contributed by atoms with van der Waals surface area (Å²) in [5.74, 6) is 0.202. The highest BCUT2D eigenvalue weighted by Crippen LogP contribution is 2.36. The van der Waals surface area contributed by atoms with Gasteiger partial charge in [-0.05, 0) is 43.0 Å². The molecule has 0 unspecified atom stereocenters. The molecule has 6 heteroatoms. The van der Waals surface area contributed by atoms with Gasteiger partial charge in [-0.1, -0.05) is 13.8 Å². The van der Waals surface area contributed by atoms with Crippen molar-refractivity contribution in [2.45, 2.75) is 38.6 Å². The number of carbonyl (C=O) groups is 2. The number of amides is 2. The van der Waals surface area contributed by atoms with Crippen LogP contribution in [0.1, 0.15) is 33.1 Å². The third kappa shape index (κ3) is 2.97. The van der Waals surface area contributed by atoms with Gasteiger partial charge in [-0.25, -0.2) is 4.39 Å². The Morgan fingerprint density at radius 2 is 1.88 bits per heavy atom. The van der Waals surface area contributed by atoms with Crippen molar-refractivity contribution in [2.75, 3.05) is 24.7 Å². The van der Waals surface area contributed by atoms with Crippen molar-refractivity contribution >= 4 is 17.5 Å². The monoisotopic (exact) mass is 333 g/mol. The first-order chi connectivity index (χ1) is 11.4. The Hall–Kier alpha value is -2.11. The van der Waals surface area contributed by atoms with Crippen LogP contribution in [0.3, 0.4) is 0 Å².